The van der Waals surface area contributed by atoms with Crippen molar-refractivity contribution in [2.24, 2.45) is 10.2 Å². The molecule has 0 aliphatic carbocycles. The number of amides is 2. The molecule has 2 amide bonds. The monoisotopic (exact) mass is 506 g/mol. The van der Waals surface area contributed by atoms with E-state index in [-0.39, 0.29) is 24.1 Å². The standard InChI is InChI=1S/C25H22N4O6S/c1-34-20-11-15(13-26-29-25-28-24(33)21(36-25)12-23(31)32)9-10-19(20)35-14-22(30)27-18-8-4-6-16-5-2-3-7-17(16)18/h2-11,13,21H,12,14H2,1H3,(H,27,30)(H,31,32)(H,28,29,33). The third-order valence-electron chi connectivity index (χ3n) is 5.10. The quantitative estimate of drug-likeness (QED) is 0.299. The highest BCUT2D eigenvalue weighted by atomic mass is 32.2. The summed E-state index contributed by atoms with van der Waals surface area (Å²) in [6.07, 6.45) is 1.15. The normalized spacial score (nSPS) is 16.3. The molecule has 36 heavy (non-hydrogen) atoms. The molecule has 0 spiro atoms. The lowest BCUT2D eigenvalue weighted by atomic mass is 10.1. The van der Waals surface area contributed by atoms with Crippen molar-refractivity contribution in [3.05, 3.63) is 66.2 Å². The van der Waals surface area contributed by atoms with Gasteiger partial charge in [-0.1, -0.05) is 48.2 Å². The minimum Gasteiger partial charge on any atom is -0.493 e. The average molecular weight is 507 g/mol. The fraction of sp³-hybridized carbons (Fsp3) is 0.160. The number of aliphatic carboxylic acids is 1. The Kier molecular flexibility index (Phi) is 7.81. The lowest BCUT2D eigenvalue weighted by molar-refractivity contribution is -0.138. The van der Waals surface area contributed by atoms with Crippen LogP contribution in [0.4, 0.5) is 5.69 Å². The van der Waals surface area contributed by atoms with Crippen LogP contribution < -0.4 is 20.1 Å². The smallest absolute Gasteiger partial charge is 0.305 e. The van der Waals surface area contributed by atoms with Crippen LogP contribution in [0.25, 0.3) is 10.8 Å². The molecule has 3 N–H and O–H groups in total. The number of anilines is 1. The molecule has 3 aromatic rings. The number of carbonyl (C=O) groups excluding carboxylic acids is 2. The first-order valence-electron chi connectivity index (χ1n) is 10.8. The summed E-state index contributed by atoms with van der Waals surface area (Å²) >= 11 is 1.01. The van der Waals surface area contributed by atoms with Crippen molar-refractivity contribution in [3.63, 3.8) is 0 Å². The Morgan fingerprint density at radius 3 is 2.75 bits per heavy atom. The van der Waals surface area contributed by atoms with Gasteiger partial charge >= 0.3 is 5.97 Å². The molecule has 10 nitrogen and oxygen atoms in total. The van der Waals surface area contributed by atoms with Crippen LogP contribution in [0.5, 0.6) is 11.5 Å². The third kappa shape index (κ3) is 6.19. The van der Waals surface area contributed by atoms with Gasteiger partial charge in [-0.25, -0.2) is 0 Å². The Balaban J connectivity index is 1.36. The maximum Gasteiger partial charge on any atom is 0.305 e. The van der Waals surface area contributed by atoms with Crippen molar-refractivity contribution in [1.29, 1.82) is 0 Å². The summed E-state index contributed by atoms with van der Waals surface area (Å²) in [6, 6.07) is 18.5. The van der Waals surface area contributed by atoms with E-state index in [2.05, 4.69) is 20.8 Å². The van der Waals surface area contributed by atoms with Crippen molar-refractivity contribution >= 4 is 57.4 Å². The number of thioether (sulfide) groups is 1. The summed E-state index contributed by atoms with van der Waals surface area (Å²) in [7, 11) is 1.48. The molecule has 0 aromatic heterocycles. The molecular formula is C25H22N4O6S. The molecule has 1 aliphatic rings. The zero-order valence-corrected chi connectivity index (χ0v) is 20.0. The largest absolute Gasteiger partial charge is 0.493 e. The second-order valence-corrected chi connectivity index (χ2v) is 8.81. The number of rotatable bonds is 9. The van der Waals surface area contributed by atoms with E-state index in [4.69, 9.17) is 14.6 Å². The van der Waals surface area contributed by atoms with E-state index in [9.17, 15) is 14.4 Å². The number of ether oxygens (including phenoxy) is 2. The lowest BCUT2D eigenvalue weighted by Gasteiger charge is -2.12. The number of hydrogen-bond donors (Lipinski definition) is 3. The van der Waals surface area contributed by atoms with Crippen molar-refractivity contribution in [3.8, 4) is 11.5 Å². The molecule has 1 heterocycles. The molecule has 0 radical (unpaired) electrons. The van der Waals surface area contributed by atoms with Crippen LogP contribution in [0.2, 0.25) is 0 Å². The number of methoxy groups -OCH3 is 1. The van der Waals surface area contributed by atoms with E-state index < -0.39 is 17.1 Å². The Labute approximate surface area is 210 Å². The number of carboxylic acid groups (broad SMARTS) is 1. The summed E-state index contributed by atoms with van der Waals surface area (Å²) in [5, 5.41) is 23.5. The molecule has 11 heteroatoms. The Hall–Kier alpha value is -4.38. The van der Waals surface area contributed by atoms with Gasteiger partial charge in [-0.05, 0) is 35.2 Å². The average Bonchev–Trinajstić information content (AvgIpc) is 3.21. The Bertz CT molecular complexity index is 1370. The highest BCUT2D eigenvalue weighted by molar-refractivity contribution is 8.15. The summed E-state index contributed by atoms with van der Waals surface area (Å²) in [5.74, 6) is -1.01. The zero-order valence-electron chi connectivity index (χ0n) is 19.1. The molecule has 3 aromatic carbocycles. The number of nitrogens with zero attached hydrogens (tertiary/aromatic N) is 2. The fourth-order valence-corrected chi connectivity index (χ4v) is 4.36. The predicted molar refractivity (Wildman–Crippen MR) is 138 cm³/mol. The van der Waals surface area contributed by atoms with Crippen LogP contribution in [0.3, 0.4) is 0 Å². The maximum atomic E-state index is 12.5. The second-order valence-electron chi connectivity index (χ2n) is 7.62. The SMILES string of the molecule is COc1cc(C=NN=C2NC(=O)C(CC(=O)O)S2)ccc1OCC(=O)Nc1cccc2ccccc12. The first kappa shape index (κ1) is 24.7. The van der Waals surface area contributed by atoms with Gasteiger partial charge in [0.2, 0.25) is 5.91 Å². The van der Waals surface area contributed by atoms with E-state index in [1.165, 1.54) is 13.3 Å². The molecule has 184 valence electrons. The zero-order chi connectivity index (χ0) is 25.5. The number of carboxylic acids is 1. The molecule has 1 saturated heterocycles. The van der Waals surface area contributed by atoms with Crippen molar-refractivity contribution in [2.45, 2.75) is 11.7 Å². The van der Waals surface area contributed by atoms with Gasteiger partial charge in [0.1, 0.15) is 5.25 Å². The minimum absolute atomic E-state index is 0.213. The summed E-state index contributed by atoms with van der Waals surface area (Å²) < 4.78 is 11.0. The van der Waals surface area contributed by atoms with Crippen molar-refractivity contribution in [1.82, 2.24) is 5.32 Å². The number of amidine groups is 1. The van der Waals surface area contributed by atoms with Crippen molar-refractivity contribution in [2.75, 3.05) is 19.0 Å². The highest BCUT2D eigenvalue weighted by Crippen LogP contribution is 2.28. The Morgan fingerprint density at radius 2 is 1.94 bits per heavy atom. The van der Waals surface area contributed by atoms with Crippen LogP contribution >= 0.6 is 11.8 Å². The van der Waals surface area contributed by atoms with Crippen LogP contribution in [-0.4, -0.2) is 53.2 Å². The van der Waals surface area contributed by atoms with Crippen LogP contribution in [-0.2, 0) is 14.4 Å². The second kappa shape index (κ2) is 11.4. The van der Waals surface area contributed by atoms with Crippen LogP contribution in [0.1, 0.15) is 12.0 Å². The van der Waals surface area contributed by atoms with Gasteiger partial charge in [-0.2, -0.15) is 5.10 Å². The molecule has 1 unspecified atom stereocenters. The van der Waals surface area contributed by atoms with E-state index in [0.29, 0.717) is 22.7 Å². The number of nitrogens with one attached hydrogen (secondary N) is 2. The third-order valence-corrected chi connectivity index (χ3v) is 6.17. The van der Waals surface area contributed by atoms with Gasteiger partial charge < -0.3 is 25.2 Å². The van der Waals surface area contributed by atoms with Crippen LogP contribution in [0, 0.1) is 0 Å². The van der Waals surface area contributed by atoms with Gasteiger partial charge in [0.25, 0.3) is 5.91 Å². The van der Waals surface area contributed by atoms with E-state index in [0.717, 1.165) is 22.5 Å². The van der Waals surface area contributed by atoms with Crippen LogP contribution in [0.15, 0.2) is 70.9 Å². The summed E-state index contributed by atoms with van der Waals surface area (Å²) in [6.45, 7) is -0.213. The maximum absolute atomic E-state index is 12.5. The van der Waals surface area contributed by atoms with Gasteiger partial charge in [-0.15, -0.1) is 5.10 Å². The number of benzene rings is 3. The van der Waals surface area contributed by atoms with E-state index in [1.807, 2.05) is 42.5 Å². The fourth-order valence-electron chi connectivity index (χ4n) is 3.44. The highest BCUT2D eigenvalue weighted by Gasteiger charge is 2.32. The van der Waals surface area contributed by atoms with Gasteiger partial charge in [0.15, 0.2) is 23.3 Å². The first-order valence-corrected chi connectivity index (χ1v) is 11.7. The Morgan fingerprint density at radius 1 is 1.14 bits per heavy atom. The molecule has 1 fully saturated rings. The molecule has 1 aliphatic heterocycles. The summed E-state index contributed by atoms with van der Waals surface area (Å²) in [5.41, 5.74) is 1.34. The summed E-state index contributed by atoms with van der Waals surface area (Å²) in [4.78, 5) is 35.0. The lowest BCUT2D eigenvalue weighted by Crippen LogP contribution is -2.26. The number of fused-ring (bicyclic) bond motifs is 1. The first-order chi connectivity index (χ1) is 17.4. The number of hydrogen-bond acceptors (Lipinski definition) is 8. The molecule has 0 bridgehead atoms. The van der Waals surface area contributed by atoms with E-state index in [1.54, 1.807) is 18.2 Å². The predicted octanol–water partition coefficient (Wildman–Crippen LogP) is 3.26. The molecular weight excluding hydrogens is 484 g/mol. The van der Waals surface area contributed by atoms with Gasteiger partial charge in [-0.3, -0.25) is 14.4 Å². The van der Waals surface area contributed by atoms with E-state index >= 15 is 0 Å². The van der Waals surface area contributed by atoms with Gasteiger partial charge in [0.05, 0.1) is 19.7 Å². The minimum atomic E-state index is -1.06. The topological polar surface area (TPSA) is 139 Å². The number of carbonyl (C=O) groups is 3. The molecule has 0 saturated carbocycles. The molecule has 4 rings (SSSR count). The van der Waals surface area contributed by atoms with Crippen molar-refractivity contribution < 1.29 is 29.0 Å². The van der Waals surface area contributed by atoms with Gasteiger partial charge in [0, 0.05) is 11.1 Å². The molecule has 1 atom stereocenters.